The first-order valence-corrected chi connectivity index (χ1v) is 7.17. The highest BCUT2D eigenvalue weighted by Crippen LogP contribution is 2.44. The topological polar surface area (TPSA) is 58.6 Å². The molecule has 0 spiro atoms. The van der Waals surface area contributed by atoms with Gasteiger partial charge >= 0.3 is 0 Å². The van der Waals surface area contributed by atoms with Crippen LogP contribution in [0.1, 0.15) is 37.3 Å². The molecule has 1 atom stereocenters. The molecule has 4 heteroatoms. The van der Waals surface area contributed by atoms with Gasteiger partial charge in [-0.05, 0) is 24.8 Å². The largest absolute Gasteiger partial charge is 0.394 e. The third kappa shape index (κ3) is 3.19. The molecule has 0 unspecified atom stereocenters. The average molecular weight is 277 g/mol. The summed E-state index contributed by atoms with van der Waals surface area (Å²) in [5.41, 5.74) is 0.641. The number of rotatable bonds is 7. The molecular weight excluding hydrogens is 254 g/mol. The highest BCUT2D eigenvalue weighted by atomic mass is 16.5. The fourth-order valence-electron chi connectivity index (χ4n) is 2.72. The summed E-state index contributed by atoms with van der Waals surface area (Å²) in [4.78, 5) is 12.5. The van der Waals surface area contributed by atoms with E-state index in [1.807, 2.05) is 30.3 Å². The van der Waals surface area contributed by atoms with E-state index in [2.05, 4.69) is 5.32 Å². The molecule has 2 N–H and O–H groups in total. The molecule has 0 aromatic heterocycles. The van der Waals surface area contributed by atoms with Gasteiger partial charge in [-0.3, -0.25) is 4.79 Å². The summed E-state index contributed by atoms with van der Waals surface area (Å²) in [5, 5.41) is 12.5. The Morgan fingerprint density at radius 1 is 1.40 bits per heavy atom. The van der Waals surface area contributed by atoms with E-state index in [4.69, 9.17) is 4.74 Å². The Kier molecular flexibility index (Phi) is 5.15. The molecule has 4 nitrogen and oxygen atoms in total. The van der Waals surface area contributed by atoms with Crippen molar-refractivity contribution in [2.24, 2.45) is 5.41 Å². The molecule has 1 fully saturated rings. The standard InChI is InChI=1S/C16H23NO3/c1-20-11-10-16(8-5-9-16)15(19)17-14(12-18)13-6-3-2-4-7-13/h2-4,6-7,14,18H,5,8-12H2,1H3,(H,17,19)/t14-/m1/s1. The number of aliphatic hydroxyl groups excluding tert-OH is 1. The van der Waals surface area contributed by atoms with Crippen LogP contribution in [0.2, 0.25) is 0 Å². The Hall–Kier alpha value is -1.39. The number of aliphatic hydroxyl groups is 1. The number of methoxy groups -OCH3 is 1. The highest BCUT2D eigenvalue weighted by molar-refractivity contribution is 5.84. The van der Waals surface area contributed by atoms with Crippen LogP contribution >= 0.6 is 0 Å². The minimum atomic E-state index is -0.330. The number of benzene rings is 1. The Balaban J connectivity index is 2.01. The van der Waals surface area contributed by atoms with E-state index in [1.165, 1.54) is 0 Å². The zero-order chi connectivity index (χ0) is 14.4. The second-order valence-corrected chi connectivity index (χ2v) is 5.50. The molecule has 1 aromatic carbocycles. The van der Waals surface area contributed by atoms with Crippen LogP contribution in [0.5, 0.6) is 0 Å². The highest BCUT2D eigenvalue weighted by Gasteiger charge is 2.44. The smallest absolute Gasteiger partial charge is 0.226 e. The summed E-state index contributed by atoms with van der Waals surface area (Å²) in [7, 11) is 1.66. The molecule has 1 amide bonds. The third-order valence-corrected chi connectivity index (χ3v) is 4.27. The van der Waals surface area contributed by atoms with Gasteiger partial charge < -0.3 is 15.2 Å². The predicted molar refractivity (Wildman–Crippen MR) is 77.2 cm³/mol. The van der Waals surface area contributed by atoms with Crippen molar-refractivity contribution in [3.63, 3.8) is 0 Å². The van der Waals surface area contributed by atoms with Gasteiger partial charge in [0.15, 0.2) is 0 Å². The maximum atomic E-state index is 12.5. The van der Waals surface area contributed by atoms with Gasteiger partial charge in [0.25, 0.3) is 0 Å². The van der Waals surface area contributed by atoms with Gasteiger partial charge in [0.2, 0.25) is 5.91 Å². The van der Waals surface area contributed by atoms with Gasteiger partial charge in [0.1, 0.15) is 0 Å². The van der Waals surface area contributed by atoms with Gasteiger partial charge in [0, 0.05) is 13.7 Å². The lowest BCUT2D eigenvalue weighted by Crippen LogP contribution is -2.48. The average Bonchev–Trinajstić information content (AvgIpc) is 2.44. The number of hydrogen-bond acceptors (Lipinski definition) is 3. The Bertz CT molecular complexity index is 429. The minimum Gasteiger partial charge on any atom is -0.394 e. The van der Waals surface area contributed by atoms with Gasteiger partial charge in [-0.25, -0.2) is 0 Å². The number of ether oxygens (including phenoxy) is 1. The lowest BCUT2D eigenvalue weighted by molar-refractivity contribution is -0.138. The van der Waals surface area contributed by atoms with Crippen LogP contribution in [0, 0.1) is 5.41 Å². The van der Waals surface area contributed by atoms with Crippen molar-refractivity contribution in [2.45, 2.75) is 31.7 Å². The van der Waals surface area contributed by atoms with Crippen molar-refractivity contribution in [1.82, 2.24) is 5.32 Å². The summed E-state index contributed by atoms with van der Waals surface area (Å²) < 4.78 is 5.11. The molecule has 2 rings (SSSR count). The van der Waals surface area contributed by atoms with E-state index in [-0.39, 0.29) is 24.0 Å². The molecule has 0 heterocycles. The SMILES string of the molecule is COCCC1(C(=O)N[C@H](CO)c2ccccc2)CCC1. The van der Waals surface area contributed by atoms with Crippen molar-refractivity contribution in [3.05, 3.63) is 35.9 Å². The van der Waals surface area contributed by atoms with Crippen molar-refractivity contribution in [2.75, 3.05) is 20.3 Å². The number of nitrogens with one attached hydrogen (secondary N) is 1. The monoisotopic (exact) mass is 277 g/mol. The van der Waals surface area contributed by atoms with Gasteiger partial charge in [0.05, 0.1) is 18.1 Å². The summed E-state index contributed by atoms with van der Waals surface area (Å²) in [6.45, 7) is 0.513. The molecule has 1 aliphatic carbocycles. The van der Waals surface area contributed by atoms with Gasteiger partial charge in [-0.2, -0.15) is 0 Å². The Morgan fingerprint density at radius 3 is 2.60 bits per heavy atom. The summed E-state index contributed by atoms with van der Waals surface area (Å²) in [6, 6.07) is 9.26. The van der Waals surface area contributed by atoms with Gasteiger partial charge in [-0.15, -0.1) is 0 Å². The van der Waals surface area contributed by atoms with Crippen LogP contribution in [0.3, 0.4) is 0 Å². The summed E-state index contributed by atoms with van der Waals surface area (Å²) in [5.74, 6) is 0.0451. The maximum Gasteiger partial charge on any atom is 0.226 e. The first-order chi connectivity index (χ1) is 9.72. The van der Waals surface area contributed by atoms with Crippen molar-refractivity contribution < 1.29 is 14.6 Å². The zero-order valence-corrected chi connectivity index (χ0v) is 12.0. The van der Waals surface area contributed by atoms with Gasteiger partial charge in [-0.1, -0.05) is 36.8 Å². The normalized spacial score (nSPS) is 18.1. The molecule has 110 valence electrons. The lowest BCUT2D eigenvalue weighted by Gasteiger charge is -2.41. The second kappa shape index (κ2) is 6.86. The Labute approximate surface area is 120 Å². The fourth-order valence-corrected chi connectivity index (χ4v) is 2.72. The van der Waals surface area contributed by atoms with Crippen LogP contribution in [0.15, 0.2) is 30.3 Å². The number of hydrogen-bond donors (Lipinski definition) is 2. The third-order valence-electron chi connectivity index (χ3n) is 4.27. The Morgan fingerprint density at radius 2 is 2.10 bits per heavy atom. The second-order valence-electron chi connectivity index (χ2n) is 5.50. The first kappa shape index (κ1) is 15.0. The van der Waals surface area contributed by atoms with Crippen molar-refractivity contribution in [3.8, 4) is 0 Å². The van der Waals surface area contributed by atoms with E-state index in [0.717, 1.165) is 31.2 Å². The van der Waals surface area contributed by atoms with Crippen molar-refractivity contribution >= 4 is 5.91 Å². The van der Waals surface area contributed by atoms with Crippen LogP contribution in [0.4, 0.5) is 0 Å². The van der Waals surface area contributed by atoms with E-state index >= 15 is 0 Å². The van der Waals surface area contributed by atoms with Crippen molar-refractivity contribution in [1.29, 1.82) is 0 Å². The molecular formula is C16H23NO3. The molecule has 0 saturated heterocycles. The molecule has 1 aromatic rings. The van der Waals surface area contributed by atoms with E-state index < -0.39 is 0 Å². The van der Waals surface area contributed by atoms with E-state index in [0.29, 0.717) is 6.61 Å². The van der Waals surface area contributed by atoms with Crippen LogP contribution in [0.25, 0.3) is 0 Å². The molecule has 0 radical (unpaired) electrons. The van der Waals surface area contributed by atoms with E-state index in [1.54, 1.807) is 7.11 Å². The first-order valence-electron chi connectivity index (χ1n) is 7.17. The molecule has 1 saturated carbocycles. The van der Waals surface area contributed by atoms with Crippen LogP contribution in [-0.4, -0.2) is 31.3 Å². The number of carbonyl (C=O) groups is 1. The molecule has 0 bridgehead atoms. The zero-order valence-electron chi connectivity index (χ0n) is 12.0. The summed E-state index contributed by atoms with van der Waals surface area (Å²) in [6.07, 6.45) is 3.67. The summed E-state index contributed by atoms with van der Waals surface area (Å²) >= 11 is 0. The maximum absolute atomic E-state index is 12.5. The van der Waals surface area contributed by atoms with Crippen LogP contribution < -0.4 is 5.32 Å². The quantitative estimate of drug-likeness (QED) is 0.802. The predicted octanol–water partition coefficient (Wildman–Crippen LogP) is 2.04. The number of amides is 1. The minimum absolute atomic E-state index is 0.0451. The van der Waals surface area contributed by atoms with Crippen LogP contribution in [-0.2, 0) is 9.53 Å². The fraction of sp³-hybridized carbons (Fsp3) is 0.562. The molecule has 1 aliphatic rings. The molecule has 0 aliphatic heterocycles. The van der Waals surface area contributed by atoms with E-state index in [9.17, 15) is 9.90 Å². The lowest BCUT2D eigenvalue weighted by atomic mass is 9.66. The molecule has 20 heavy (non-hydrogen) atoms. The number of carbonyl (C=O) groups excluding carboxylic acids is 1.